The van der Waals surface area contributed by atoms with E-state index in [1.165, 1.54) is 18.2 Å². The lowest BCUT2D eigenvalue weighted by Crippen LogP contribution is -2.46. The number of hydrogen-bond acceptors (Lipinski definition) is 5. The number of halogens is 5. The number of carbonyl (C=O) groups is 1. The average Bonchev–Trinajstić information content (AvgIpc) is 2.78. The van der Waals surface area contributed by atoms with Crippen LogP contribution in [0.5, 0.6) is 0 Å². The average molecular weight is 595 g/mol. The summed E-state index contributed by atoms with van der Waals surface area (Å²) >= 11 is 0. The molecule has 12 heteroatoms. The fourth-order valence-electron chi connectivity index (χ4n) is 4.92. The lowest BCUT2D eigenvalue weighted by atomic mass is 9.67. The molecule has 0 amide bonds. The van der Waals surface area contributed by atoms with Crippen LogP contribution in [0.3, 0.4) is 0 Å². The van der Waals surface area contributed by atoms with Gasteiger partial charge in [0.05, 0.1) is 20.1 Å². The van der Waals surface area contributed by atoms with Gasteiger partial charge in [0, 0.05) is 30.7 Å². The first-order chi connectivity index (χ1) is 17.7. The summed E-state index contributed by atoms with van der Waals surface area (Å²) in [4.78, 5) is 11.9. The standard InChI is InChI=1S/C27H31F5O5S2/c1-25(2,39(36,37)21-9-6-8-18(15-21)26(3,28)29)20-13-17(14-20)7-5-10-23(33)22-12-11-19(27(30,31)32)16-24(22)38(4,34)35/h6,8-9,11-12,15-17,20H,5,7,10,13-14H2,1-4H3. The summed E-state index contributed by atoms with van der Waals surface area (Å²) < 4.78 is 116. The van der Waals surface area contributed by atoms with Crippen molar-refractivity contribution in [1.29, 1.82) is 0 Å². The predicted molar refractivity (Wildman–Crippen MR) is 136 cm³/mol. The zero-order valence-electron chi connectivity index (χ0n) is 22.0. The molecule has 0 bridgehead atoms. The summed E-state index contributed by atoms with van der Waals surface area (Å²) in [5, 5.41) is 0. The van der Waals surface area contributed by atoms with Crippen LogP contribution in [-0.4, -0.2) is 33.6 Å². The van der Waals surface area contributed by atoms with Crippen LogP contribution < -0.4 is 0 Å². The van der Waals surface area contributed by atoms with Gasteiger partial charge >= 0.3 is 6.18 Å². The minimum absolute atomic E-state index is 0.0746. The van der Waals surface area contributed by atoms with E-state index in [0.717, 1.165) is 18.4 Å². The molecule has 0 heterocycles. The van der Waals surface area contributed by atoms with Crippen molar-refractivity contribution in [3.05, 3.63) is 59.2 Å². The van der Waals surface area contributed by atoms with Crippen molar-refractivity contribution < 1.29 is 43.6 Å². The van der Waals surface area contributed by atoms with E-state index < -0.39 is 52.8 Å². The summed E-state index contributed by atoms with van der Waals surface area (Å²) in [6, 6.07) is 6.82. The molecule has 0 unspecified atom stereocenters. The molecule has 0 radical (unpaired) electrons. The van der Waals surface area contributed by atoms with Crippen LogP contribution in [0.4, 0.5) is 22.0 Å². The van der Waals surface area contributed by atoms with E-state index in [0.29, 0.717) is 44.7 Å². The monoisotopic (exact) mass is 594 g/mol. The molecular weight excluding hydrogens is 563 g/mol. The lowest BCUT2D eigenvalue weighted by molar-refractivity contribution is -0.137. The Bertz CT molecular complexity index is 1450. The number of carbonyl (C=O) groups excluding carboxylic acids is 1. The van der Waals surface area contributed by atoms with Gasteiger partial charge in [-0.1, -0.05) is 12.1 Å². The fourth-order valence-corrected chi connectivity index (χ4v) is 7.62. The maximum atomic E-state index is 13.7. The van der Waals surface area contributed by atoms with Gasteiger partial charge in [0.2, 0.25) is 0 Å². The van der Waals surface area contributed by atoms with E-state index in [1.54, 1.807) is 13.8 Å². The van der Waals surface area contributed by atoms with Crippen LogP contribution in [0.15, 0.2) is 52.3 Å². The van der Waals surface area contributed by atoms with E-state index >= 15 is 0 Å². The van der Waals surface area contributed by atoms with E-state index in [1.807, 2.05) is 0 Å². The van der Waals surface area contributed by atoms with E-state index in [2.05, 4.69) is 0 Å². The zero-order chi connectivity index (χ0) is 29.6. The van der Waals surface area contributed by atoms with Crippen molar-refractivity contribution in [1.82, 2.24) is 0 Å². The molecule has 0 atom stereocenters. The van der Waals surface area contributed by atoms with Gasteiger partial charge in [0.1, 0.15) is 0 Å². The number of sulfone groups is 2. The van der Waals surface area contributed by atoms with Crippen molar-refractivity contribution >= 4 is 25.5 Å². The Morgan fingerprint density at radius 1 is 0.897 bits per heavy atom. The van der Waals surface area contributed by atoms with Crippen LogP contribution in [0.2, 0.25) is 0 Å². The number of alkyl halides is 5. The fraction of sp³-hybridized carbons (Fsp3) is 0.519. The van der Waals surface area contributed by atoms with Gasteiger partial charge in [-0.2, -0.15) is 13.2 Å². The molecule has 1 fully saturated rings. The summed E-state index contributed by atoms with van der Waals surface area (Å²) in [5.74, 6) is -3.90. The number of rotatable bonds is 10. The first-order valence-corrected chi connectivity index (χ1v) is 15.7. The third-order valence-electron chi connectivity index (χ3n) is 7.59. The summed E-state index contributed by atoms with van der Waals surface area (Å²) in [6.45, 7) is 3.84. The van der Waals surface area contributed by atoms with Crippen LogP contribution in [0.25, 0.3) is 0 Å². The molecule has 0 aliphatic heterocycles. The lowest BCUT2D eigenvalue weighted by Gasteiger charge is -2.45. The molecule has 1 saturated carbocycles. The zero-order valence-corrected chi connectivity index (χ0v) is 23.6. The Kier molecular flexibility index (Phi) is 8.45. The van der Waals surface area contributed by atoms with E-state index in [4.69, 9.17) is 0 Å². The Morgan fingerprint density at radius 3 is 2.05 bits per heavy atom. The molecule has 5 nitrogen and oxygen atoms in total. The van der Waals surface area contributed by atoms with Crippen molar-refractivity contribution in [2.75, 3.05) is 6.26 Å². The second-order valence-electron chi connectivity index (χ2n) is 10.9. The van der Waals surface area contributed by atoms with E-state index in [-0.39, 0.29) is 34.3 Å². The second kappa shape index (κ2) is 10.6. The molecule has 39 heavy (non-hydrogen) atoms. The van der Waals surface area contributed by atoms with Crippen molar-refractivity contribution in [2.24, 2.45) is 11.8 Å². The van der Waals surface area contributed by atoms with Crippen LogP contribution in [0, 0.1) is 11.8 Å². The first-order valence-electron chi connectivity index (χ1n) is 12.3. The van der Waals surface area contributed by atoms with Gasteiger partial charge in [0.15, 0.2) is 25.5 Å². The molecule has 1 aliphatic carbocycles. The summed E-state index contributed by atoms with van der Waals surface area (Å²) in [7, 11) is -8.02. The van der Waals surface area contributed by atoms with Crippen LogP contribution >= 0.6 is 0 Å². The SMILES string of the molecule is CC(F)(F)c1cccc(S(=O)(=O)C(C)(C)C2CC(CCCC(=O)c3ccc(C(F)(F)F)cc3S(C)(=O)=O)C2)c1. The third kappa shape index (κ3) is 6.70. The Balaban J connectivity index is 1.62. The first kappa shape index (κ1) is 31.2. The number of Topliss-reactive ketones (excluding diaryl/α,β-unsaturated/α-hetero) is 1. The van der Waals surface area contributed by atoms with Crippen LogP contribution in [-0.2, 0) is 31.8 Å². The predicted octanol–water partition coefficient (Wildman–Crippen LogP) is 6.85. The smallest absolute Gasteiger partial charge is 0.294 e. The highest BCUT2D eigenvalue weighted by Crippen LogP contribution is 2.48. The van der Waals surface area contributed by atoms with Crippen LogP contribution in [0.1, 0.15) is 74.4 Å². The maximum absolute atomic E-state index is 13.7. The molecule has 216 valence electrons. The highest BCUT2D eigenvalue weighted by atomic mass is 32.2. The molecule has 1 aliphatic rings. The van der Waals surface area contributed by atoms with E-state index in [9.17, 15) is 43.6 Å². The Morgan fingerprint density at radius 2 is 1.51 bits per heavy atom. The van der Waals surface area contributed by atoms with Gasteiger partial charge in [-0.3, -0.25) is 4.79 Å². The topological polar surface area (TPSA) is 85.3 Å². The van der Waals surface area contributed by atoms with Gasteiger partial charge < -0.3 is 0 Å². The highest BCUT2D eigenvalue weighted by molar-refractivity contribution is 7.92. The molecule has 2 aromatic rings. The number of benzene rings is 2. The molecule has 2 aromatic carbocycles. The van der Waals surface area contributed by atoms with Crippen molar-refractivity contribution in [3.8, 4) is 0 Å². The second-order valence-corrected chi connectivity index (χ2v) is 15.4. The third-order valence-corrected chi connectivity index (χ3v) is 11.3. The molecule has 0 aromatic heterocycles. The van der Waals surface area contributed by atoms with Crippen molar-refractivity contribution in [3.63, 3.8) is 0 Å². The minimum Gasteiger partial charge on any atom is -0.294 e. The highest BCUT2D eigenvalue weighted by Gasteiger charge is 2.48. The molecule has 3 rings (SSSR count). The van der Waals surface area contributed by atoms with Gasteiger partial charge in [-0.25, -0.2) is 25.6 Å². The van der Waals surface area contributed by atoms with Crippen molar-refractivity contribution in [2.45, 2.75) is 79.5 Å². The van der Waals surface area contributed by atoms with Gasteiger partial charge in [-0.15, -0.1) is 0 Å². The summed E-state index contributed by atoms with van der Waals surface area (Å²) in [6.07, 6.45) is -2.11. The minimum atomic E-state index is -4.76. The molecular formula is C27H31F5O5S2. The quantitative estimate of drug-likeness (QED) is 0.222. The molecule has 0 spiro atoms. The Labute approximate surface area is 225 Å². The number of ketones is 1. The summed E-state index contributed by atoms with van der Waals surface area (Å²) in [5.41, 5.74) is -1.83. The molecule has 0 N–H and O–H groups in total. The normalized spacial score (nSPS) is 19.0. The maximum Gasteiger partial charge on any atom is 0.416 e. The number of hydrogen-bond donors (Lipinski definition) is 0. The van der Waals surface area contributed by atoms with Gasteiger partial charge in [0.25, 0.3) is 5.92 Å². The Hall–Kier alpha value is -2.34. The largest absolute Gasteiger partial charge is 0.416 e. The van der Waals surface area contributed by atoms with Gasteiger partial charge in [-0.05, 0) is 81.7 Å². The molecule has 0 saturated heterocycles.